The normalized spacial score (nSPS) is 12.2. The van der Waals surface area contributed by atoms with Crippen LogP contribution in [-0.4, -0.2) is 4.57 Å². The van der Waals surface area contributed by atoms with Crippen LogP contribution in [0.4, 0.5) is 17.1 Å². The molecule has 8 aromatic carbocycles. The molecule has 11 rings (SSSR count). The molecule has 0 saturated carbocycles. The molecule has 0 bridgehead atoms. The van der Waals surface area contributed by atoms with Crippen LogP contribution in [0.15, 0.2) is 182 Å². The second kappa shape index (κ2) is 11.6. The molecule has 52 heavy (non-hydrogen) atoms. The Kier molecular flexibility index (Phi) is 6.52. The van der Waals surface area contributed by atoms with Gasteiger partial charge in [0, 0.05) is 53.7 Å². The average Bonchev–Trinajstić information content (AvgIpc) is 3.87. The van der Waals surface area contributed by atoms with Gasteiger partial charge in [0.25, 0.3) is 0 Å². The fraction of sp³-hybridized carbons (Fsp3) is 0.0204. The van der Waals surface area contributed by atoms with Gasteiger partial charge in [-0.05, 0) is 107 Å². The number of nitrogens with zero attached hydrogens (tertiary/aromatic N) is 2. The highest BCUT2D eigenvalue weighted by Crippen LogP contribution is 2.44. The number of hydrogen-bond donors (Lipinski definition) is 0. The van der Waals surface area contributed by atoms with Gasteiger partial charge in [-0.1, -0.05) is 115 Å². The molecular formula is C49H32N2S. The highest BCUT2D eigenvalue weighted by atomic mass is 32.1. The summed E-state index contributed by atoms with van der Waals surface area (Å²) in [6, 6.07) is 66.9. The molecule has 0 atom stereocenters. The molecule has 2 heterocycles. The van der Waals surface area contributed by atoms with E-state index < -0.39 is 0 Å². The van der Waals surface area contributed by atoms with Crippen molar-refractivity contribution >= 4 is 70.4 Å². The molecule has 244 valence electrons. The molecule has 0 fully saturated rings. The zero-order valence-electron chi connectivity index (χ0n) is 28.3. The molecule has 1 aliphatic carbocycles. The number of thiophene rings is 1. The summed E-state index contributed by atoms with van der Waals surface area (Å²) >= 11 is 1.86. The van der Waals surface area contributed by atoms with E-state index in [2.05, 4.69) is 191 Å². The summed E-state index contributed by atoms with van der Waals surface area (Å²) in [4.78, 5) is 2.42. The lowest BCUT2D eigenvalue weighted by Crippen LogP contribution is -2.09. The minimum Gasteiger partial charge on any atom is -0.310 e. The maximum Gasteiger partial charge on any atom is 0.0542 e. The van der Waals surface area contributed by atoms with Gasteiger partial charge in [0.15, 0.2) is 0 Å². The third-order valence-corrected chi connectivity index (χ3v) is 11.9. The number of benzene rings is 8. The number of rotatable bonds is 5. The lowest BCUT2D eigenvalue weighted by Gasteiger charge is -2.26. The number of hydrogen-bond acceptors (Lipinski definition) is 2. The number of fused-ring (bicyclic) bond motifs is 9. The van der Waals surface area contributed by atoms with Crippen LogP contribution >= 0.6 is 11.3 Å². The van der Waals surface area contributed by atoms with Crippen molar-refractivity contribution in [3.05, 3.63) is 193 Å². The Labute approximate surface area is 306 Å². The van der Waals surface area contributed by atoms with Crippen molar-refractivity contribution in [2.45, 2.75) is 6.42 Å². The Morgan fingerprint density at radius 3 is 1.96 bits per heavy atom. The fourth-order valence-electron chi connectivity index (χ4n) is 8.38. The van der Waals surface area contributed by atoms with Crippen molar-refractivity contribution in [3.8, 4) is 27.9 Å². The van der Waals surface area contributed by atoms with Crippen molar-refractivity contribution in [1.29, 1.82) is 0 Å². The van der Waals surface area contributed by atoms with Gasteiger partial charge in [-0.15, -0.1) is 11.3 Å². The predicted molar refractivity (Wildman–Crippen MR) is 222 cm³/mol. The zero-order chi connectivity index (χ0) is 34.2. The van der Waals surface area contributed by atoms with Crippen LogP contribution in [-0.2, 0) is 6.42 Å². The van der Waals surface area contributed by atoms with Gasteiger partial charge in [-0.25, -0.2) is 0 Å². The maximum atomic E-state index is 2.42. The largest absolute Gasteiger partial charge is 0.310 e. The van der Waals surface area contributed by atoms with Crippen LogP contribution in [0.5, 0.6) is 0 Å². The van der Waals surface area contributed by atoms with E-state index in [1.165, 1.54) is 81.0 Å². The van der Waals surface area contributed by atoms with Gasteiger partial charge in [-0.3, -0.25) is 0 Å². The van der Waals surface area contributed by atoms with E-state index in [4.69, 9.17) is 0 Å². The summed E-state index contributed by atoms with van der Waals surface area (Å²) < 4.78 is 4.99. The fourth-order valence-corrected chi connectivity index (χ4v) is 9.52. The molecule has 0 aliphatic heterocycles. The predicted octanol–water partition coefficient (Wildman–Crippen LogP) is 13.9. The molecule has 3 heteroatoms. The standard InChI is InChI=1S/C49H32N2S/c1-2-11-36(12-3-1)51-46-16-8-6-14-42(46)45-30-38(24-27-47(45)51)50(39-23-26-44-43-15-7-9-17-48(43)52-49(44)31-39)37-21-18-32(19-22-37)33-20-25-41-35(28-33)29-34-10-4-5-13-40(34)41/h1-28,30-31H,29H2. The third-order valence-electron chi connectivity index (χ3n) is 10.8. The summed E-state index contributed by atoms with van der Waals surface area (Å²) in [5.41, 5.74) is 15.0. The molecule has 0 spiro atoms. The monoisotopic (exact) mass is 680 g/mol. The van der Waals surface area contributed by atoms with Crippen LogP contribution in [0.25, 0.3) is 69.9 Å². The molecule has 0 unspecified atom stereocenters. The van der Waals surface area contributed by atoms with Crippen LogP contribution in [0.3, 0.4) is 0 Å². The van der Waals surface area contributed by atoms with Gasteiger partial charge in [0.05, 0.1) is 11.0 Å². The number of anilines is 3. The average molecular weight is 681 g/mol. The van der Waals surface area contributed by atoms with Gasteiger partial charge in [0.1, 0.15) is 0 Å². The van der Waals surface area contributed by atoms with E-state index >= 15 is 0 Å². The molecule has 1 aliphatic rings. The quantitative estimate of drug-likeness (QED) is 0.176. The highest BCUT2D eigenvalue weighted by molar-refractivity contribution is 7.25. The molecule has 0 N–H and O–H groups in total. The smallest absolute Gasteiger partial charge is 0.0542 e. The molecule has 2 nitrogen and oxygen atoms in total. The van der Waals surface area contributed by atoms with E-state index in [-0.39, 0.29) is 0 Å². The first-order chi connectivity index (χ1) is 25.8. The topological polar surface area (TPSA) is 8.17 Å². The second-order valence-corrected chi connectivity index (χ2v) is 14.8. The van der Waals surface area contributed by atoms with Crippen LogP contribution < -0.4 is 4.90 Å². The van der Waals surface area contributed by atoms with E-state index in [0.717, 1.165) is 23.5 Å². The van der Waals surface area contributed by atoms with E-state index in [0.29, 0.717) is 0 Å². The minimum atomic E-state index is 0.995. The summed E-state index contributed by atoms with van der Waals surface area (Å²) in [7, 11) is 0. The first-order valence-corrected chi connectivity index (χ1v) is 18.7. The Morgan fingerprint density at radius 1 is 0.404 bits per heavy atom. The molecular weight excluding hydrogens is 649 g/mol. The van der Waals surface area contributed by atoms with Crippen molar-refractivity contribution < 1.29 is 0 Å². The van der Waals surface area contributed by atoms with E-state index in [1.54, 1.807) is 0 Å². The van der Waals surface area contributed by atoms with Crippen molar-refractivity contribution in [2.24, 2.45) is 0 Å². The van der Waals surface area contributed by atoms with E-state index in [9.17, 15) is 0 Å². The van der Waals surface area contributed by atoms with Crippen LogP contribution in [0.1, 0.15) is 11.1 Å². The van der Waals surface area contributed by atoms with Crippen molar-refractivity contribution in [2.75, 3.05) is 4.90 Å². The van der Waals surface area contributed by atoms with Crippen LogP contribution in [0, 0.1) is 0 Å². The van der Waals surface area contributed by atoms with Crippen molar-refractivity contribution in [1.82, 2.24) is 4.57 Å². The Morgan fingerprint density at radius 2 is 1.06 bits per heavy atom. The zero-order valence-corrected chi connectivity index (χ0v) is 29.1. The maximum absolute atomic E-state index is 2.42. The molecule has 0 amide bonds. The third kappa shape index (κ3) is 4.56. The van der Waals surface area contributed by atoms with Crippen molar-refractivity contribution in [3.63, 3.8) is 0 Å². The van der Waals surface area contributed by atoms with Gasteiger partial charge < -0.3 is 9.47 Å². The summed E-state index contributed by atoms with van der Waals surface area (Å²) in [5.74, 6) is 0. The molecule has 10 aromatic rings. The Hall–Kier alpha value is -6.42. The van der Waals surface area contributed by atoms with Gasteiger partial charge >= 0.3 is 0 Å². The first-order valence-electron chi connectivity index (χ1n) is 17.9. The minimum absolute atomic E-state index is 0.995. The first kappa shape index (κ1) is 29.3. The number of aromatic nitrogens is 1. The second-order valence-electron chi connectivity index (χ2n) is 13.8. The lowest BCUT2D eigenvalue weighted by atomic mass is 9.99. The molecule has 0 saturated heterocycles. The SMILES string of the molecule is c1ccc(-n2c3ccccc3c3cc(N(c4ccc(-c5ccc6c(c5)Cc5ccccc5-6)cc4)c4ccc5c(c4)sc4ccccc45)ccc32)cc1. The summed E-state index contributed by atoms with van der Waals surface area (Å²) in [6.07, 6.45) is 0.995. The Bertz CT molecular complexity index is 2990. The molecule has 2 aromatic heterocycles. The summed E-state index contributed by atoms with van der Waals surface area (Å²) in [5, 5.41) is 5.11. The van der Waals surface area contributed by atoms with Gasteiger partial charge in [0.2, 0.25) is 0 Å². The van der Waals surface area contributed by atoms with E-state index in [1.807, 2.05) is 11.3 Å². The highest BCUT2D eigenvalue weighted by Gasteiger charge is 2.20. The van der Waals surface area contributed by atoms with Crippen LogP contribution in [0.2, 0.25) is 0 Å². The summed E-state index contributed by atoms with van der Waals surface area (Å²) in [6.45, 7) is 0. The number of para-hydroxylation sites is 2. The molecule has 0 radical (unpaired) electrons. The van der Waals surface area contributed by atoms with Gasteiger partial charge in [-0.2, -0.15) is 0 Å². The Balaban J connectivity index is 1.06. The lowest BCUT2D eigenvalue weighted by molar-refractivity contribution is 1.18.